The zero-order valence-corrected chi connectivity index (χ0v) is 4.91. The number of rotatable bonds is 2. The Bertz CT molecular complexity index is 33.2. The molecule has 0 aromatic rings. The number of hydrogen-bond donors (Lipinski definition) is 1. The molecule has 0 aromatic carbocycles. The molecule has 0 nitrogen and oxygen atoms in total. The van der Waals surface area contributed by atoms with Crippen molar-refractivity contribution in [3.63, 3.8) is 0 Å². The van der Waals surface area contributed by atoms with E-state index in [-0.39, 0.29) is 0 Å². The molecular formula is C5H10S. The molecule has 0 aromatic heterocycles. The lowest BCUT2D eigenvalue weighted by molar-refractivity contribution is 1.22. The van der Waals surface area contributed by atoms with Gasteiger partial charge in [-0.3, -0.25) is 0 Å². The molecule has 1 heteroatoms. The van der Waals surface area contributed by atoms with Crippen LogP contribution in [0.15, 0.2) is 12.2 Å². The SMILES string of the molecule is CC/C=C/CS. The third-order valence-corrected chi connectivity index (χ3v) is 0.719. The monoisotopic (exact) mass is 102 g/mol. The highest BCUT2D eigenvalue weighted by molar-refractivity contribution is 7.80. The van der Waals surface area contributed by atoms with Crippen LogP contribution in [0.25, 0.3) is 0 Å². The second-order valence-corrected chi connectivity index (χ2v) is 1.43. The Balaban J connectivity index is 2.73. The second kappa shape index (κ2) is 5.09. The Morgan fingerprint density at radius 3 is 2.33 bits per heavy atom. The fraction of sp³-hybridized carbons (Fsp3) is 0.600. The van der Waals surface area contributed by atoms with Crippen LogP contribution >= 0.6 is 12.6 Å². The van der Waals surface area contributed by atoms with Crippen molar-refractivity contribution in [3.8, 4) is 0 Å². The van der Waals surface area contributed by atoms with Crippen LogP contribution < -0.4 is 0 Å². The van der Waals surface area contributed by atoms with Gasteiger partial charge in [0.25, 0.3) is 0 Å². The van der Waals surface area contributed by atoms with Gasteiger partial charge in [-0.1, -0.05) is 19.1 Å². The third kappa shape index (κ3) is 4.09. The summed E-state index contributed by atoms with van der Waals surface area (Å²) < 4.78 is 0. The Morgan fingerprint density at radius 2 is 2.17 bits per heavy atom. The van der Waals surface area contributed by atoms with Crippen molar-refractivity contribution in [1.82, 2.24) is 0 Å². The minimum Gasteiger partial charge on any atom is -0.175 e. The van der Waals surface area contributed by atoms with Gasteiger partial charge >= 0.3 is 0 Å². The first-order valence-electron chi connectivity index (χ1n) is 2.17. The maximum atomic E-state index is 3.97. The summed E-state index contributed by atoms with van der Waals surface area (Å²) in [6.07, 6.45) is 5.27. The first-order valence-corrected chi connectivity index (χ1v) is 2.81. The molecule has 0 fully saturated rings. The lowest BCUT2D eigenvalue weighted by atomic mass is 10.4. The van der Waals surface area contributed by atoms with E-state index in [0.717, 1.165) is 12.2 Å². The maximum absolute atomic E-state index is 3.97. The van der Waals surface area contributed by atoms with Gasteiger partial charge in [-0.2, -0.15) is 12.6 Å². The topological polar surface area (TPSA) is 0 Å². The highest BCUT2D eigenvalue weighted by Gasteiger charge is 1.60. The van der Waals surface area contributed by atoms with Crippen molar-refractivity contribution in [2.45, 2.75) is 13.3 Å². The molecule has 6 heavy (non-hydrogen) atoms. The maximum Gasteiger partial charge on any atom is 0.00825 e. The van der Waals surface area contributed by atoms with E-state index >= 15 is 0 Å². The van der Waals surface area contributed by atoms with Gasteiger partial charge in [0.2, 0.25) is 0 Å². The van der Waals surface area contributed by atoms with Crippen molar-refractivity contribution >= 4 is 12.6 Å². The minimum absolute atomic E-state index is 0.869. The van der Waals surface area contributed by atoms with Crippen molar-refractivity contribution in [2.24, 2.45) is 0 Å². The quantitative estimate of drug-likeness (QED) is 0.399. The molecule has 0 amide bonds. The molecule has 0 rings (SSSR count). The Hall–Kier alpha value is 0.0900. The van der Waals surface area contributed by atoms with Crippen LogP contribution in [0.4, 0.5) is 0 Å². The zero-order chi connectivity index (χ0) is 4.83. The van der Waals surface area contributed by atoms with Crippen molar-refractivity contribution in [1.29, 1.82) is 0 Å². The number of hydrogen-bond acceptors (Lipinski definition) is 1. The van der Waals surface area contributed by atoms with Gasteiger partial charge in [0.15, 0.2) is 0 Å². The Kier molecular flexibility index (Phi) is 5.17. The molecular weight excluding hydrogens is 92.1 g/mol. The standard InChI is InChI=1S/C5H10S/c1-2-3-4-5-6/h3-4,6H,2,5H2,1H3/b4-3+. The Labute approximate surface area is 44.7 Å². The lowest BCUT2D eigenvalue weighted by Crippen LogP contribution is -1.56. The average molecular weight is 102 g/mol. The largest absolute Gasteiger partial charge is 0.175 e. The fourth-order valence-electron chi connectivity index (χ4n) is 0.241. The number of allylic oxidation sites excluding steroid dienone is 1. The first kappa shape index (κ1) is 6.09. The highest BCUT2D eigenvalue weighted by atomic mass is 32.1. The average Bonchev–Trinajstić information content (AvgIpc) is 1.61. The van der Waals surface area contributed by atoms with Gasteiger partial charge < -0.3 is 0 Å². The van der Waals surface area contributed by atoms with Gasteiger partial charge in [-0.15, -0.1) is 0 Å². The van der Waals surface area contributed by atoms with Crippen LogP contribution in [0.1, 0.15) is 13.3 Å². The van der Waals surface area contributed by atoms with Crippen LogP contribution in [-0.4, -0.2) is 5.75 Å². The third-order valence-electron chi connectivity index (χ3n) is 0.508. The summed E-state index contributed by atoms with van der Waals surface area (Å²) in [4.78, 5) is 0. The van der Waals surface area contributed by atoms with E-state index in [1.165, 1.54) is 0 Å². The molecule has 0 aliphatic heterocycles. The summed E-state index contributed by atoms with van der Waals surface area (Å²) in [5.74, 6) is 0.869. The number of thiol groups is 1. The van der Waals surface area contributed by atoms with E-state index in [1.54, 1.807) is 0 Å². The van der Waals surface area contributed by atoms with Gasteiger partial charge in [0.1, 0.15) is 0 Å². The summed E-state index contributed by atoms with van der Waals surface area (Å²) in [5, 5.41) is 0. The molecule has 0 aliphatic rings. The minimum atomic E-state index is 0.869. The highest BCUT2D eigenvalue weighted by Crippen LogP contribution is 1.79. The second-order valence-electron chi connectivity index (χ2n) is 1.06. The van der Waals surface area contributed by atoms with Gasteiger partial charge in [-0.05, 0) is 6.42 Å². The van der Waals surface area contributed by atoms with E-state index in [2.05, 4.69) is 25.6 Å². The van der Waals surface area contributed by atoms with Gasteiger partial charge in [0, 0.05) is 5.75 Å². The van der Waals surface area contributed by atoms with Crippen LogP contribution in [0.5, 0.6) is 0 Å². The molecule has 0 radical (unpaired) electrons. The van der Waals surface area contributed by atoms with Crippen molar-refractivity contribution < 1.29 is 0 Å². The molecule has 0 atom stereocenters. The van der Waals surface area contributed by atoms with E-state index in [1.807, 2.05) is 6.08 Å². The fourth-order valence-corrected chi connectivity index (χ4v) is 0.390. The Morgan fingerprint density at radius 1 is 1.50 bits per heavy atom. The molecule has 0 heterocycles. The first-order chi connectivity index (χ1) is 2.91. The van der Waals surface area contributed by atoms with Gasteiger partial charge in [-0.25, -0.2) is 0 Å². The van der Waals surface area contributed by atoms with Crippen molar-refractivity contribution in [2.75, 3.05) is 5.75 Å². The van der Waals surface area contributed by atoms with E-state index in [9.17, 15) is 0 Å². The molecule has 0 unspecified atom stereocenters. The molecule has 0 saturated heterocycles. The molecule has 36 valence electrons. The van der Waals surface area contributed by atoms with Crippen molar-refractivity contribution in [3.05, 3.63) is 12.2 Å². The summed E-state index contributed by atoms with van der Waals surface area (Å²) >= 11 is 3.97. The van der Waals surface area contributed by atoms with E-state index in [4.69, 9.17) is 0 Å². The lowest BCUT2D eigenvalue weighted by Gasteiger charge is -1.72. The molecule has 0 saturated carbocycles. The van der Waals surface area contributed by atoms with Crippen LogP contribution in [-0.2, 0) is 0 Å². The predicted octanol–water partition coefficient (Wildman–Crippen LogP) is 1.88. The van der Waals surface area contributed by atoms with Crippen LogP contribution in [0, 0.1) is 0 Å². The van der Waals surface area contributed by atoms with E-state index < -0.39 is 0 Å². The molecule has 0 aliphatic carbocycles. The van der Waals surface area contributed by atoms with Crippen LogP contribution in [0.2, 0.25) is 0 Å². The summed E-state index contributed by atoms with van der Waals surface area (Å²) in [5.41, 5.74) is 0. The summed E-state index contributed by atoms with van der Waals surface area (Å²) in [7, 11) is 0. The van der Waals surface area contributed by atoms with Gasteiger partial charge in [0.05, 0.1) is 0 Å². The molecule has 0 bridgehead atoms. The summed E-state index contributed by atoms with van der Waals surface area (Å²) in [6, 6.07) is 0. The predicted molar refractivity (Wildman–Crippen MR) is 33.3 cm³/mol. The smallest absolute Gasteiger partial charge is 0.00825 e. The van der Waals surface area contributed by atoms with Crippen LogP contribution in [0.3, 0.4) is 0 Å². The summed E-state index contributed by atoms with van der Waals surface area (Å²) in [6.45, 7) is 2.11. The zero-order valence-electron chi connectivity index (χ0n) is 4.02. The molecule has 0 N–H and O–H groups in total. The normalized spacial score (nSPS) is 10.3. The van der Waals surface area contributed by atoms with E-state index in [0.29, 0.717) is 0 Å². The molecule has 0 spiro atoms.